The second kappa shape index (κ2) is 9.19. The number of hydrogen-bond acceptors (Lipinski definition) is 5. The molecule has 29 heavy (non-hydrogen) atoms. The fraction of sp³-hybridized carbons (Fsp3) is 0.261. The topological polar surface area (TPSA) is 67.4 Å². The standard InChI is InChI=1S/C23H26N4O2/c1-5-27(18-11-7-6-8-12-18)23(28)20-15-22(25-17(4)24-20)26-19-13-9-10-14-21(19)29-16(2)3/h6-16H,5H2,1-4H3,(H,24,25,26). The molecule has 1 heterocycles. The molecule has 1 aromatic heterocycles. The average molecular weight is 390 g/mol. The lowest BCUT2D eigenvalue weighted by Gasteiger charge is -2.21. The van der Waals surface area contributed by atoms with Gasteiger partial charge in [0.2, 0.25) is 0 Å². The molecule has 0 aliphatic carbocycles. The minimum atomic E-state index is -0.168. The third-order valence-corrected chi connectivity index (χ3v) is 4.20. The third kappa shape index (κ3) is 5.10. The summed E-state index contributed by atoms with van der Waals surface area (Å²) in [6.45, 7) is 8.21. The summed E-state index contributed by atoms with van der Waals surface area (Å²) in [5, 5.41) is 3.26. The molecule has 0 spiro atoms. The van der Waals surface area contributed by atoms with Crippen LogP contribution in [0.5, 0.6) is 5.75 Å². The van der Waals surface area contributed by atoms with Gasteiger partial charge in [0.15, 0.2) is 0 Å². The molecule has 0 saturated carbocycles. The molecule has 0 bridgehead atoms. The van der Waals surface area contributed by atoms with Crippen LogP contribution in [-0.4, -0.2) is 28.5 Å². The van der Waals surface area contributed by atoms with Crippen LogP contribution in [0.2, 0.25) is 0 Å². The lowest BCUT2D eigenvalue weighted by Crippen LogP contribution is -2.31. The van der Waals surface area contributed by atoms with Crippen LogP contribution in [0.15, 0.2) is 60.7 Å². The molecule has 1 N–H and O–H groups in total. The van der Waals surface area contributed by atoms with E-state index in [1.165, 1.54) is 0 Å². The quantitative estimate of drug-likeness (QED) is 0.616. The van der Waals surface area contributed by atoms with E-state index in [0.29, 0.717) is 23.9 Å². The van der Waals surface area contributed by atoms with Crippen LogP contribution < -0.4 is 15.0 Å². The van der Waals surface area contributed by atoms with Crippen molar-refractivity contribution in [2.75, 3.05) is 16.8 Å². The van der Waals surface area contributed by atoms with Gasteiger partial charge in [0, 0.05) is 18.3 Å². The fourth-order valence-electron chi connectivity index (χ4n) is 3.00. The van der Waals surface area contributed by atoms with Crippen molar-refractivity contribution in [3.05, 3.63) is 72.2 Å². The van der Waals surface area contributed by atoms with E-state index in [-0.39, 0.29) is 12.0 Å². The number of nitrogens with zero attached hydrogens (tertiary/aromatic N) is 3. The van der Waals surface area contributed by atoms with Gasteiger partial charge in [0.25, 0.3) is 5.91 Å². The minimum absolute atomic E-state index is 0.0474. The highest BCUT2D eigenvalue weighted by molar-refractivity contribution is 6.05. The van der Waals surface area contributed by atoms with E-state index in [4.69, 9.17) is 4.74 Å². The Bertz CT molecular complexity index is 974. The summed E-state index contributed by atoms with van der Waals surface area (Å²) in [7, 11) is 0. The van der Waals surface area contributed by atoms with Crippen LogP contribution in [0.4, 0.5) is 17.2 Å². The van der Waals surface area contributed by atoms with Crippen LogP contribution in [0.3, 0.4) is 0 Å². The highest BCUT2D eigenvalue weighted by Crippen LogP contribution is 2.28. The number of aromatic nitrogens is 2. The number of ether oxygens (including phenoxy) is 1. The third-order valence-electron chi connectivity index (χ3n) is 4.20. The van der Waals surface area contributed by atoms with E-state index in [0.717, 1.165) is 17.1 Å². The number of hydrogen-bond donors (Lipinski definition) is 1. The number of aryl methyl sites for hydroxylation is 1. The minimum Gasteiger partial charge on any atom is -0.489 e. The zero-order chi connectivity index (χ0) is 20.8. The molecular formula is C23H26N4O2. The Morgan fingerprint density at radius 2 is 1.76 bits per heavy atom. The maximum Gasteiger partial charge on any atom is 0.277 e. The van der Waals surface area contributed by atoms with E-state index in [1.807, 2.05) is 75.4 Å². The summed E-state index contributed by atoms with van der Waals surface area (Å²) in [5.74, 6) is 1.62. The molecule has 6 nitrogen and oxygen atoms in total. The van der Waals surface area contributed by atoms with E-state index in [2.05, 4.69) is 15.3 Å². The van der Waals surface area contributed by atoms with Crippen molar-refractivity contribution in [2.24, 2.45) is 0 Å². The zero-order valence-electron chi connectivity index (χ0n) is 17.2. The highest BCUT2D eigenvalue weighted by atomic mass is 16.5. The Kier molecular flexibility index (Phi) is 6.44. The van der Waals surface area contributed by atoms with E-state index < -0.39 is 0 Å². The molecule has 1 amide bonds. The van der Waals surface area contributed by atoms with Gasteiger partial charge < -0.3 is 15.0 Å². The number of para-hydroxylation sites is 3. The first-order valence-electron chi connectivity index (χ1n) is 9.73. The number of amides is 1. The fourth-order valence-corrected chi connectivity index (χ4v) is 3.00. The summed E-state index contributed by atoms with van der Waals surface area (Å²) < 4.78 is 5.86. The van der Waals surface area contributed by atoms with Gasteiger partial charge in [-0.05, 0) is 52.0 Å². The van der Waals surface area contributed by atoms with E-state index in [9.17, 15) is 4.79 Å². The number of carbonyl (C=O) groups is 1. The Morgan fingerprint density at radius 1 is 1.07 bits per heavy atom. The Hall–Kier alpha value is -3.41. The van der Waals surface area contributed by atoms with Crippen molar-refractivity contribution in [1.82, 2.24) is 9.97 Å². The Balaban J connectivity index is 1.90. The smallest absolute Gasteiger partial charge is 0.277 e. The molecule has 3 aromatic rings. The molecule has 0 fully saturated rings. The molecular weight excluding hydrogens is 364 g/mol. The summed E-state index contributed by atoms with van der Waals surface area (Å²) in [6.07, 6.45) is 0.0474. The predicted molar refractivity (Wildman–Crippen MR) is 116 cm³/mol. The van der Waals surface area contributed by atoms with Crippen LogP contribution >= 0.6 is 0 Å². The van der Waals surface area contributed by atoms with Crippen molar-refractivity contribution in [3.63, 3.8) is 0 Å². The number of nitrogens with one attached hydrogen (secondary N) is 1. The molecule has 0 unspecified atom stereocenters. The Morgan fingerprint density at radius 3 is 2.45 bits per heavy atom. The SMILES string of the molecule is CCN(C(=O)c1cc(Nc2ccccc2OC(C)C)nc(C)n1)c1ccccc1. The number of carbonyl (C=O) groups excluding carboxylic acids is 1. The zero-order valence-corrected chi connectivity index (χ0v) is 17.2. The molecule has 0 radical (unpaired) electrons. The van der Waals surface area contributed by atoms with Crippen LogP contribution in [0.25, 0.3) is 0 Å². The van der Waals surface area contributed by atoms with Crippen molar-refractivity contribution in [2.45, 2.75) is 33.8 Å². The van der Waals surface area contributed by atoms with Gasteiger partial charge in [-0.2, -0.15) is 0 Å². The van der Waals surface area contributed by atoms with Gasteiger partial charge in [-0.3, -0.25) is 4.79 Å². The average Bonchev–Trinajstić information content (AvgIpc) is 2.70. The van der Waals surface area contributed by atoms with Gasteiger partial charge >= 0.3 is 0 Å². The first-order chi connectivity index (χ1) is 14.0. The molecule has 0 atom stereocenters. The first kappa shape index (κ1) is 20.3. The number of anilines is 3. The van der Waals surface area contributed by atoms with Crippen LogP contribution in [0, 0.1) is 6.92 Å². The van der Waals surface area contributed by atoms with Gasteiger partial charge in [-0.15, -0.1) is 0 Å². The van der Waals surface area contributed by atoms with E-state index in [1.54, 1.807) is 17.9 Å². The first-order valence-corrected chi connectivity index (χ1v) is 9.73. The molecule has 3 rings (SSSR count). The van der Waals surface area contributed by atoms with E-state index >= 15 is 0 Å². The van der Waals surface area contributed by atoms with Crippen molar-refractivity contribution in [1.29, 1.82) is 0 Å². The normalized spacial score (nSPS) is 10.7. The molecule has 2 aromatic carbocycles. The number of benzene rings is 2. The lowest BCUT2D eigenvalue weighted by atomic mass is 10.2. The van der Waals surface area contributed by atoms with Crippen molar-refractivity contribution in [3.8, 4) is 5.75 Å². The monoisotopic (exact) mass is 390 g/mol. The second-order valence-corrected chi connectivity index (χ2v) is 6.86. The highest BCUT2D eigenvalue weighted by Gasteiger charge is 2.19. The van der Waals surface area contributed by atoms with Crippen LogP contribution in [-0.2, 0) is 0 Å². The summed E-state index contributed by atoms with van der Waals surface area (Å²) in [6, 6.07) is 18.9. The molecule has 0 aliphatic rings. The van der Waals surface area contributed by atoms with Crippen LogP contribution in [0.1, 0.15) is 37.1 Å². The van der Waals surface area contributed by atoms with Gasteiger partial charge in [-0.1, -0.05) is 30.3 Å². The largest absolute Gasteiger partial charge is 0.489 e. The van der Waals surface area contributed by atoms with Crippen molar-refractivity contribution >= 4 is 23.1 Å². The molecule has 6 heteroatoms. The summed E-state index contributed by atoms with van der Waals surface area (Å²) in [4.78, 5) is 23.6. The number of rotatable bonds is 7. The van der Waals surface area contributed by atoms with Gasteiger partial charge in [0.1, 0.15) is 23.1 Å². The molecule has 0 aliphatic heterocycles. The summed E-state index contributed by atoms with van der Waals surface area (Å²) >= 11 is 0. The molecule has 0 saturated heterocycles. The maximum absolute atomic E-state index is 13.1. The predicted octanol–water partition coefficient (Wildman–Crippen LogP) is 4.98. The summed E-state index contributed by atoms with van der Waals surface area (Å²) in [5.41, 5.74) is 1.96. The Labute approximate surface area is 171 Å². The van der Waals surface area contributed by atoms with Gasteiger partial charge in [0.05, 0.1) is 11.8 Å². The molecule has 150 valence electrons. The van der Waals surface area contributed by atoms with Gasteiger partial charge in [-0.25, -0.2) is 9.97 Å². The maximum atomic E-state index is 13.1. The van der Waals surface area contributed by atoms with Crippen molar-refractivity contribution < 1.29 is 9.53 Å². The lowest BCUT2D eigenvalue weighted by molar-refractivity contribution is 0.0983. The second-order valence-electron chi connectivity index (χ2n) is 6.86.